The highest BCUT2D eigenvalue weighted by atomic mass is 35.5. The SMILES string of the molecule is CCOc1ccc([C@@H]2Oc3ccc(Cl)cc3[C@@H]3CC(c4ccc5c(c4)OCO5)=NN32)cc1. The third kappa shape index (κ3) is 3.22. The first-order chi connectivity index (χ1) is 15.7. The van der Waals surface area contributed by atoms with Crippen LogP contribution in [0.2, 0.25) is 5.02 Å². The van der Waals surface area contributed by atoms with Crippen LogP contribution in [0.4, 0.5) is 0 Å². The molecule has 0 unspecified atom stereocenters. The van der Waals surface area contributed by atoms with Crippen molar-refractivity contribution in [1.82, 2.24) is 5.01 Å². The lowest BCUT2D eigenvalue weighted by Gasteiger charge is -2.38. The van der Waals surface area contributed by atoms with Gasteiger partial charge in [0.2, 0.25) is 13.0 Å². The minimum atomic E-state index is -0.351. The summed E-state index contributed by atoms with van der Waals surface area (Å²) >= 11 is 6.33. The van der Waals surface area contributed by atoms with Crippen molar-refractivity contribution < 1.29 is 18.9 Å². The summed E-state index contributed by atoms with van der Waals surface area (Å²) < 4.78 is 23.0. The van der Waals surface area contributed by atoms with Gasteiger partial charge in [0.1, 0.15) is 11.5 Å². The van der Waals surface area contributed by atoms with Crippen molar-refractivity contribution >= 4 is 17.3 Å². The van der Waals surface area contributed by atoms with E-state index in [4.69, 9.17) is 35.6 Å². The van der Waals surface area contributed by atoms with E-state index in [2.05, 4.69) is 0 Å². The Morgan fingerprint density at radius 1 is 1.00 bits per heavy atom. The zero-order valence-corrected chi connectivity index (χ0v) is 18.2. The monoisotopic (exact) mass is 448 g/mol. The first-order valence-electron chi connectivity index (χ1n) is 10.6. The van der Waals surface area contributed by atoms with Crippen molar-refractivity contribution in [3.63, 3.8) is 0 Å². The van der Waals surface area contributed by atoms with Gasteiger partial charge in [-0.05, 0) is 67.6 Å². The van der Waals surface area contributed by atoms with E-state index in [9.17, 15) is 0 Å². The van der Waals surface area contributed by atoms with Crippen LogP contribution in [-0.2, 0) is 0 Å². The van der Waals surface area contributed by atoms with Gasteiger partial charge in [-0.25, -0.2) is 5.01 Å². The molecule has 0 radical (unpaired) electrons. The van der Waals surface area contributed by atoms with Crippen LogP contribution in [0.3, 0.4) is 0 Å². The molecule has 0 spiro atoms. The Hall–Kier alpha value is -3.38. The van der Waals surface area contributed by atoms with E-state index in [1.165, 1.54) is 0 Å². The molecule has 0 N–H and O–H groups in total. The fourth-order valence-electron chi connectivity index (χ4n) is 4.42. The number of hydrogen-bond donors (Lipinski definition) is 0. The van der Waals surface area contributed by atoms with Gasteiger partial charge in [-0.15, -0.1) is 0 Å². The van der Waals surface area contributed by atoms with Crippen LogP contribution < -0.4 is 18.9 Å². The van der Waals surface area contributed by atoms with E-state index in [-0.39, 0.29) is 19.1 Å². The predicted molar refractivity (Wildman–Crippen MR) is 121 cm³/mol. The molecular weight excluding hydrogens is 428 g/mol. The molecule has 3 aliphatic rings. The van der Waals surface area contributed by atoms with Crippen molar-refractivity contribution in [2.75, 3.05) is 13.4 Å². The third-order valence-corrected chi connectivity index (χ3v) is 6.17. The topological polar surface area (TPSA) is 52.5 Å². The number of ether oxygens (including phenoxy) is 4. The summed E-state index contributed by atoms with van der Waals surface area (Å²) in [6.07, 6.45) is 0.389. The van der Waals surface area contributed by atoms with Crippen LogP contribution in [0.5, 0.6) is 23.0 Å². The van der Waals surface area contributed by atoms with Gasteiger partial charge in [-0.2, -0.15) is 5.10 Å². The maximum atomic E-state index is 6.42. The smallest absolute Gasteiger partial charge is 0.231 e. The molecule has 32 heavy (non-hydrogen) atoms. The van der Waals surface area contributed by atoms with E-state index in [0.717, 1.165) is 51.8 Å². The summed E-state index contributed by atoms with van der Waals surface area (Å²) in [6.45, 7) is 2.85. The molecule has 0 saturated heterocycles. The Morgan fingerprint density at radius 2 is 1.81 bits per heavy atom. The maximum Gasteiger partial charge on any atom is 0.231 e. The molecule has 3 aliphatic heterocycles. The van der Waals surface area contributed by atoms with E-state index < -0.39 is 0 Å². The van der Waals surface area contributed by atoms with Crippen LogP contribution >= 0.6 is 11.6 Å². The van der Waals surface area contributed by atoms with Crippen LogP contribution in [0.1, 0.15) is 42.3 Å². The summed E-state index contributed by atoms with van der Waals surface area (Å²) in [5, 5.41) is 7.72. The largest absolute Gasteiger partial charge is 0.494 e. The summed E-state index contributed by atoms with van der Waals surface area (Å²) in [5.41, 5.74) is 4.03. The molecule has 0 saturated carbocycles. The fraction of sp³-hybridized carbons (Fsp3) is 0.240. The highest BCUT2D eigenvalue weighted by molar-refractivity contribution is 6.30. The van der Waals surface area contributed by atoms with Crippen LogP contribution in [0.25, 0.3) is 0 Å². The molecule has 3 aromatic carbocycles. The van der Waals surface area contributed by atoms with Gasteiger partial charge in [0.05, 0.1) is 18.4 Å². The first kappa shape index (κ1) is 19.3. The molecule has 2 atom stereocenters. The predicted octanol–water partition coefficient (Wildman–Crippen LogP) is 5.71. The number of benzene rings is 3. The fourth-order valence-corrected chi connectivity index (χ4v) is 4.60. The number of rotatable bonds is 4. The van der Waals surface area contributed by atoms with Crippen molar-refractivity contribution in [2.45, 2.75) is 25.6 Å². The van der Waals surface area contributed by atoms with Crippen molar-refractivity contribution in [3.8, 4) is 23.0 Å². The lowest BCUT2D eigenvalue weighted by Crippen LogP contribution is -2.33. The van der Waals surface area contributed by atoms with Crippen molar-refractivity contribution in [3.05, 3.63) is 82.4 Å². The van der Waals surface area contributed by atoms with E-state index in [1.807, 2.05) is 72.6 Å². The summed E-state index contributed by atoms with van der Waals surface area (Å²) in [4.78, 5) is 0. The molecule has 0 bridgehead atoms. The Morgan fingerprint density at radius 3 is 2.66 bits per heavy atom. The first-order valence-corrected chi connectivity index (χ1v) is 11.0. The molecular formula is C25H21ClN2O4. The molecule has 162 valence electrons. The maximum absolute atomic E-state index is 6.42. The van der Waals surface area contributed by atoms with E-state index in [1.54, 1.807) is 0 Å². The van der Waals surface area contributed by atoms with Gasteiger partial charge in [-0.1, -0.05) is 11.6 Å². The average Bonchev–Trinajstić information content (AvgIpc) is 3.46. The number of hydrogen-bond acceptors (Lipinski definition) is 6. The molecule has 0 amide bonds. The Balaban J connectivity index is 1.40. The number of halogens is 1. The minimum absolute atomic E-state index is 0.0226. The van der Waals surface area contributed by atoms with E-state index in [0.29, 0.717) is 11.6 Å². The third-order valence-electron chi connectivity index (χ3n) is 5.93. The molecule has 0 aromatic heterocycles. The summed E-state index contributed by atoms with van der Waals surface area (Å²) in [5.74, 6) is 3.18. The van der Waals surface area contributed by atoms with Crippen LogP contribution in [0.15, 0.2) is 65.8 Å². The molecule has 6 rings (SSSR count). The molecule has 3 aromatic rings. The van der Waals surface area contributed by atoms with Crippen molar-refractivity contribution in [2.24, 2.45) is 5.10 Å². The minimum Gasteiger partial charge on any atom is -0.494 e. The van der Waals surface area contributed by atoms with Gasteiger partial charge < -0.3 is 18.9 Å². The van der Waals surface area contributed by atoms with Crippen LogP contribution in [0, 0.1) is 0 Å². The number of fused-ring (bicyclic) bond motifs is 4. The van der Waals surface area contributed by atoms with Gasteiger partial charge in [0.15, 0.2) is 11.5 Å². The van der Waals surface area contributed by atoms with Gasteiger partial charge >= 0.3 is 0 Å². The van der Waals surface area contributed by atoms with E-state index >= 15 is 0 Å². The normalized spacial score (nSPS) is 20.3. The van der Waals surface area contributed by atoms with Crippen LogP contribution in [-0.4, -0.2) is 24.1 Å². The highest BCUT2D eigenvalue weighted by Crippen LogP contribution is 2.48. The summed E-state index contributed by atoms with van der Waals surface area (Å²) in [7, 11) is 0. The Kier molecular flexibility index (Phi) is 4.61. The van der Waals surface area contributed by atoms with Gasteiger partial charge in [0, 0.05) is 28.1 Å². The molecule has 0 fully saturated rings. The number of nitrogens with zero attached hydrogens (tertiary/aromatic N) is 2. The second kappa shape index (κ2) is 7.64. The molecule has 3 heterocycles. The van der Waals surface area contributed by atoms with Gasteiger partial charge in [0.25, 0.3) is 0 Å². The Labute approximate surface area is 190 Å². The lowest BCUT2D eigenvalue weighted by molar-refractivity contribution is -0.0190. The average molecular weight is 449 g/mol. The zero-order chi connectivity index (χ0) is 21.7. The zero-order valence-electron chi connectivity index (χ0n) is 17.5. The second-order valence-electron chi connectivity index (χ2n) is 7.87. The van der Waals surface area contributed by atoms with Crippen molar-refractivity contribution in [1.29, 1.82) is 0 Å². The standard InChI is InChI=1S/C25H21ClN2O4/c1-2-29-18-7-3-15(4-8-18)25-28-21(19-12-17(26)6-10-22(19)32-25)13-20(27-28)16-5-9-23-24(11-16)31-14-30-23/h3-12,21,25H,2,13-14H2,1H3/t21-,25-/m0/s1. The molecule has 7 heteroatoms. The lowest BCUT2D eigenvalue weighted by atomic mass is 9.95. The second-order valence-corrected chi connectivity index (χ2v) is 8.31. The Bertz CT molecular complexity index is 1210. The molecule has 0 aliphatic carbocycles. The molecule has 6 nitrogen and oxygen atoms in total. The highest BCUT2D eigenvalue weighted by Gasteiger charge is 2.41. The quantitative estimate of drug-likeness (QED) is 0.511. The van der Waals surface area contributed by atoms with Gasteiger partial charge in [-0.3, -0.25) is 0 Å². The summed E-state index contributed by atoms with van der Waals surface area (Å²) in [6, 6.07) is 19.7. The number of hydrazone groups is 1.